The first-order valence-corrected chi connectivity index (χ1v) is 8.51. The summed E-state index contributed by atoms with van der Waals surface area (Å²) < 4.78 is 0. The number of rotatable bonds is 3. The normalized spacial score (nSPS) is 28.9. The van der Waals surface area contributed by atoms with Crippen LogP contribution in [0.15, 0.2) is 23.1 Å². The van der Waals surface area contributed by atoms with Gasteiger partial charge in [-0.1, -0.05) is 6.07 Å². The summed E-state index contributed by atoms with van der Waals surface area (Å²) in [5.41, 5.74) is 2.79. The van der Waals surface area contributed by atoms with E-state index in [1.54, 1.807) is 11.1 Å². The van der Waals surface area contributed by atoms with Crippen LogP contribution in [0.3, 0.4) is 0 Å². The Morgan fingerprint density at radius 2 is 2.15 bits per heavy atom. The van der Waals surface area contributed by atoms with E-state index in [-0.39, 0.29) is 5.54 Å². The van der Waals surface area contributed by atoms with Crippen molar-refractivity contribution in [2.24, 2.45) is 0 Å². The fraction of sp³-hybridized carbons (Fsp3) is 0.588. The Kier molecular flexibility index (Phi) is 4.05. The minimum atomic E-state index is -0.299. The highest BCUT2D eigenvalue weighted by molar-refractivity contribution is 8.00. The van der Waals surface area contributed by atoms with Crippen LogP contribution < -0.4 is 5.32 Å². The van der Waals surface area contributed by atoms with Crippen molar-refractivity contribution >= 4 is 11.8 Å². The highest BCUT2D eigenvalue weighted by Gasteiger charge is 2.35. The van der Waals surface area contributed by atoms with Crippen LogP contribution in [0.1, 0.15) is 43.2 Å². The number of hydrogen-bond acceptors (Lipinski definition) is 3. The molecule has 1 fully saturated rings. The maximum Gasteiger partial charge on any atom is 0.107 e. The third-order valence-corrected chi connectivity index (χ3v) is 6.03. The Bertz CT molecular complexity index is 534. The molecule has 0 aromatic heterocycles. The monoisotopic (exact) mass is 286 g/mol. The Balaban J connectivity index is 1.70. The van der Waals surface area contributed by atoms with E-state index in [0.29, 0.717) is 5.25 Å². The summed E-state index contributed by atoms with van der Waals surface area (Å²) >= 11 is 1.97. The van der Waals surface area contributed by atoms with Crippen molar-refractivity contribution in [3.8, 4) is 6.07 Å². The van der Waals surface area contributed by atoms with Crippen LogP contribution in [0.4, 0.5) is 0 Å². The number of nitrogens with one attached hydrogen (secondary N) is 1. The largest absolute Gasteiger partial charge is 0.302 e. The quantitative estimate of drug-likeness (QED) is 0.920. The number of nitriles is 1. The van der Waals surface area contributed by atoms with Gasteiger partial charge in [0.25, 0.3) is 0 Å². The van der Waals surface area contributed by atoms with E-state index < -0.39 is 0 Å². The van der Waals surface area contributed by atoms with Crippen molar-refractivity contribution in [2.45, 2.75) is 60.6 Å². The van der Waals surface area contributed by atoms with Gasteiger partial charge >= 0.3 is 0 Å². The van der Waals surface area contributed by atoms with Crippen LogP contribution >= 0.6 is 11.8 Å². The lowest BCUT2D eigenvalue weighted by atomic mass is 9.83. The third-order valence-electron chi connectivity index (χ3n) is 4.77. The molecule has 3 rings (SSSR count). The van der Waals surface area contributed by atoms with Gasteiger partial charge in [0.15, 0.2) is 0 Å². The first kappa shape index (κ1) is 14.0. The van der Waals surface area contributed by atoms with E-state index in [4.69, 9.17) is 0 Å². The van der Waals surface area contributed by atoms with Gasteiger partial charge in [0.1, 0.15) is 5.54 Å². The van der Waals surface area contributed by atoms with Crippen molar-refractivity contribution < 1.29 is 0 Å². The van der Waals surface area contributed by atoms with Gasteiger partial charge in [-0.15, -0.1) is 11.8 Å². The lowest BCUT2D eigenvalue weighted by molar-refractivity contribution is 0.323. The minimum Gasteiger partial charge on any atom is -0.302 e. The zero-order chi connectivity index (χ0) is 14.0. The maximum absolute atomic E-state index is 9.43. The number of aryl methyl sites for hydroxylation is 2. The lowest BCUT2D eigenvalue weighted by Crippen LogP contribution is -2.46. The number of fused-ring (bicyclic) bond motifs is 1. The summed E-state index contributed by atoms with van der Waals surface area (Å²) in [4.78, 5) is 1.39. The molecule has 3 heteroatoms. The second-order valence-corrected chi connectivity index (χ2v) is 7.44. The number of hydrogen-bond donors (Lipinski definition) is 1. The molecule has 2 aliphatic carbocycles. The number of thioether (sulfide) groups is 1. The Hall–Kier alpha value is -0.980. The third kappa shape index (κ3) is 2.73. The average molecular weight is 286 g/mol. The zero-order valence-corrected chi connectivity index (χ0v) is 12.9. The van der Waals surface area contributed by atoms with Gasteiger partial charge in [-0.3, -0.25) is 0 Å². The van der Waals surface area contributed by atoms with Crippen LogP contribution in [-0.2, 0) is 12.8 Å². The standard InChI is InChI=1S/C17H22N2S/c1-19-17(12-18)9-3-6-16(11-17)20-15-8-7-13-4-2-5-14(13)10-15/h7-8,10,16,19H,2-6,9,11H2,1H3. The van der Waals surface area contributed by atoms with E-state index in [9.17, 15) is 5.26 Å². The maximum atomic E-state index is 9.43. The summed E-state index contributed by atoms with van der Waals surface area (Å²) in [6, 6.07) is 9.47. The second kappa shape index (κ2) is 5.79. The molecule has 20 heavy (non-hydrogen) atoms. The molecule has 2 aliphatic rings. The molecule has 0 bridgehead atoms. The molecule has 1 aromatic rings. The molecule has 0 radical (unpaired) electrons. The SMILES string of the molecule is CNC1(C#N)CCCC(Sc2ccc3c(c2)CCC3)C1. The summed E-state index contributed by atoms with van der Waals surface area (Å²) in [5.74, 6) is 0. The van der Waals surface area contributed by atoms with Gasteiger partial charge in [0.05, 0.1) is 6.07 Å². The van der Waals surface area contributed by atoms with E-state index in [1.807, 2.05) is 18.8 Å². The predicted octanol–water partition coefficient (Wildman–Crippen LogP) is 3.69. The molecule has 0 amide bonds. The summed E-state index contributed by atoms with van der Waals surface area (Å²) in [6.45, 7) is 0. The Morgan fingerprint density at radius 1 is 1.30 bits per heavy atom. The molecule has 106 valence electrons. The minimum absolute atomic E-state index is 0.299. The molecule has 0 aliphatic heterocycles. The first-order chi connectivity index (χ1) is 9.74. The van der Waals surface area contributed by atoms with Crippen molar-refractivity contribution in [3.63, 3.8) is 0 Å². The van der Waals surface area contributed by atoms with Crippen LogP contribution in [-0.4, -0.2) is 17.8 Å². The average Bonchev–Trinajstić information content (AvgIpc) is 2.95. The molecule has 1 saturated carbocycles. The molecule has 0 saturated heterocycles. The van der Waals surface area contributed by atoms with E-state index in [1.165, 1.54) is 30.6 Å². The van der Waals surface area contributed by atoms with E-state index >= 15 is 0 Å². The molecule has 0 spiro atoms. The summed E-state index contributed by atoms with van der Waals surface area (Å²) in [7, 11) is 1.92. The summed E-state index contributed by atoms with van der Waals surface area (Å²) in [5, 5.41) is 13.2. The van der Waals surface area contributed by atoms with Crippen molar-refractivity contribution in [1.82, 2.24) is 5.32 Å². The van der Waals surface area contributed by atoms with E-state index in [2.05, 4.69) is 29.6 Å². The van der Waals surface area contributed by atoms with Crippen molar-refractivity contribution in [1.29, 1.82) is 5.26 Å². The fourth-order valence-electron chi connectivity index (χ4n) is 3.52. The summed E-state index contributed by atoms with van der Waals surface area (Å²) in [6.07, 6.45) is 8.13. The Labute approximate surface area is 125 Å². The van der Waals surface area contributed by atoms with E-state index in [0.717, 1.165) is 19.3 Å². The molecule has 1 aromatic carbocycles. The second-order valence-electron chi connectivity index (χ2n) is 6.06. The van der Waals surface area contributed by atoms with Gasteiger partial charge in [-0.05, 0) is 75.3 Å². The smallest absolute Gasteiger partial charge is 0.107 e. The molecule has 2 nitrogen and oxygen atoms in total. The van der Waals surface area contributed by atoms with Crippen LogP contribution in [0.2, 0.25) is 0 Å². The van der Waals surface area contributed by atoms with Crippen LogP contribution in [0, 0.1) is 11.3 Å². The molecule has 2 atom stereocenters. The van der Waals surface area contributed by atoms with Crippen molar-refractivity contribution in [2.75, 3.05) is 7.05 Å². The lowest BCUT2D eigenvalue weighted by Gasteiger charge is -2.35. The zero-order valence-electron chi connectivity index (χ0n) is 12.1. The Morgan fingerprint density at radius 3 is 2.95 bits per heavy atom. The van der Waals surface area contributed by atoms with Crippen LogP contribution in [0.25, 0.3) is 0 Å². The number of benzene rings is 1. The molecule has 2 unspecified atom stereocenters. The highest BCUT2D eigenvalue weighted by atomic mass is 32.2. The van der Waals surface area contributed by atoms with Gasteiger partial charge in [0, 0.05) is 10.1 Å². The van der Waals surface area contributed by atoms with Gasteiger partial charge < -0.3 is 5.32 Å². The van der Waals surface area contributed by atoms with Crippen molar-refractivity contribution in [3.05, 3.63) is 29.3 Å². The molecular weight excluding hydrogens is 264 g/mol. The van der Waals surface area contributed by atoms with Gasteiger partial charge in [-0.25, -0.2) is 0 Å². The van der Waals surface area contributed by atoms with Crippen LogP contribution in [0.5, 0.6) is 0 Å². The highest BCUT2D eigenvalue weighted by Crippen LogP contribution is 2.39. The molecule has 0 heterocycles. The topological polar surface area (TPSA) is 35.8 Å². The fourth-order valence-corrected chi connectivity index (χ4v) is 4.92. The molecule has 1 N–H and O–H groups in total. The number of nitrogens with zero attached hydrogens (tertiary/aromatic N) is 1. The first-order valence-electron chi connectivity index (χ1n) is 7.63. The van der Waals surface area contributed by atoms with Gasteiger partial charge in [0.2, 0.25) is 0 Å². The van der Waals surface area contributed by atoms with Gasteiger partial charge in [-0.2, -0.15) is 5.26 Å². The predicted molar refractivity (Wildman–Crippen MR) is 84.0 cm³/mol. The molecular formula is C17H22N2S.